The largest absolute Gasteiger partial charge is 0.459 e. The third-order valence-electron chi connectivity index (χ3n) is 4.68. The number of hydrogen-bond donors (Lipinski definition) is 1. The van der Waals surface area contributed by atoms with E-state index in [9.17, 15) is 9.90 Å². The predicted octanol–water partition coefficient (Wildman–Crippen LogP) is 3.91. The van der Waals surface area contributed by atoms with Crippen molar-refractivity contribution < 1.29 is 19.4 Å². The zero-order valence-electron chi connectivity index (χ0n) is 15.2. The zero-order valence-corrected chi connectivity index (χ0v) is 15.2. The van der Waals surface area contributed by atoms with Gasteiger partial charge in [-0.05, 0) is 55.6 Å². The van der Waals surface area contributed by atoms with E-state index in [4.69, 9.17) is 9.47 Å². The Morgan fingerprint density at radius 3 is 2.75 bits per heavy atom. The highest BCUT2D eigenvalue weighted by Crippen LogP contribution is 2.40. The maximum absolute atomic E-state index is 12.6. The van der Waals surface area contributed by atoms with Crippen LogP contribution in [-0.2, 0) is 14.3 Å². The summed E-state index contributed by atoms with van der Waals surface area (Å²) >= 11 is 0. The van der Waals surface area contributed by atoms with Gasteiger partial charge in [-0.25, -0.2) is 4.79 Å². The van der Waals surface area contributed by atoms with E-state index >= 15 is 0 Å². The molecular formula is C20H30O4. The monoisotopic (exact) mass is 334 g/mol. The zero-order chi connectivity index (χ0) is 17.9. The van der Waals surface area contributed by atoms with E-state index in [-0.39, 0.29) is 17.5 Å². The Balaban J connectivity index is 2.02. The van der Waals surface area contributed by atoms with E-state index < -0.39 is 12.4 Å². The third-order valence-corrected chi connectivity index (χ3v) is 4.68. The number of rotatable bonds is 5. The van der Waals surface area contributed by atoms with Gasteiger partial charge >= 0.3 is 5.97 Å². The molecule has 0 radical (unpaired) electrons. The molecule has 4 nitrogen and oxygen atoms in total. The van der Waals surface area contributed by atoms with Crippen LogP contribution in [0, 0.1) is 11.3 Å². The maximum Gasteiger partial charge on any atom is 0.336 e. The highest BCUT2D eigenvalue weighted by Gasteiger charge is 2.35. The van der Waals surface area contributed by atoms with E-state index in [0.717, 1.165) is 19.3 Å². The molecule has 0 amide bonds. The summed E-state index contributed by atoms with van der Waals surface area (Å²) in [6.45, 7) is 12.0. The minimum atomic E-state index is -1.08. The molecule has 0 aromatic carbocycles. The summed E-state index contributed by atoms with van der Waals surface area (Å²) in [4.78, 5) is 12.6. The number of carbonyl (C=O) groups is 1. The normalized spacial score (nSPS) is 30.4. The lowest BCUT2D eigenvalue weighted by molar-refractivity contribution is -0.153. The maximum atomic E-state index is 12.6. The van der Waals surface area contributed by atoms with Crippen LogP contribution in [0.3, 0.4) is 0 Å². The summed E-state index contributed by atoms with van der Waals surface area (Å²) in [5.74, 6) is 0.206. The second-order valence-corrected chi connectivity index (χ2v) is 8.05. The minimum absolute atomic E-state index is 0.0604. The first-order valence-corrected chi connectivity index (χ1v) is 8.74. The van der Waals surface area contributed by atoms with Gasteiger partial charge in [0.2, 0.25) is 0 Å². The van der Waals surface area contributed by atoms with Gasteiger partial charge < -0.3 is 14.6 Å². The van der Waals surface area contributed by atoms with E-state index in [1.165, 1.54) is 0 Å². The summed E-state index contributed by atoms with van der Waals surface area (Å²) < 4.78 is 11.4. The van der Waals surface area contributed by atoms with Crippen LogP contribution in [-0.4, -0.2) is 29.6 Å². The van der Waals surface area contributed by atoms with Crippen molar-refractivity contribution in [3.63, 3.8) is 0 Å². The lowest BCUT2D eigenvalue weighted by Gasteiger charge is -2.38. The average molecular weight is 334 g/mol. The van der Waals surface area contributed by atoms with Crippen molar-refractivity contribution in [1.82, 2.24) is 0 Å². The third kappa shape index (κ3) is 5.05. The Labute approximate surface area is 145 Å². The molecule has 2 rings (SSSR count). The molecule has 2 aliphatic carbocycles. The topological polar surface area (TPSA) is 55.8 Å². The first-order valence-electron chi connectivity index (χ1n) is 8.74. The number of esters is 1. The summed E-state index contributed by atoms with van der Waals surface area (Å²) in [6.07, 6.45) is 7.31. The second-order valence-electron chi connectivity index (χ2n) is 8.05. The van der Waals surface area contributed by atoms with Gasteiger partial charge in [-0.3, -0.25) is 0 Å². The molecule has 0 spiro atoms. The SMILES string of the molecule is C=C(C)C(O)OC1CC=CC=C1C(=O)OC1CC(C)CC(C)(C)C1. The molecular weight excluding hydrogens is 304 g/mol. The fraction of sp³-hybridized carbons (Fsp3) is 0.650. The molecule has 4 atom stereocenters. The number of ether oxygens (including phenoxy) is 2. The van der Waals surface area contributed by atoms with Crippen LogP contribution >= 0.6 is 0 Å². The molecule has 24 heavy (non-hydrogen) atoms. The number of hydrogen-bond acceptors (Lipinski definition) is 4. The van der Waals surface area contributed by atoms with Gasteiger partial charge in [-0.2, -0.15) is 0 Å². The minimum Gasteiger partial charge on any atom is -0.459 e. The Bertz CT molecular complexity index is 544. The van der Waals surface area contributed by atoms with Crippen LogP contribution in [0.4, 0.5) is 0 Å². The molecule has 0 aromatic heterocycles. The Morgan fingerprint density at radius 2 is 2.12 bits per heavy atom. The first kappa shape index (κ1) is 18.9. The second kappa shape index (κ2) is 7.66. The lowest BCUT2D eigenvalue weighted by Crippen LogP contribution is -2.36. The number of aliphatic hydroxyl groups excluding tert-OH is 1. The molecule has 0 bridgehead atoms. The molecule has 1 N–H and O–H groups in total. The molecule has 134 valence electrons. The van der Waals surface area contributed by atoms with Gasteiger partial charge in [0, 0.05) is 0 Å². The molecule has 0 saturated heterocycles. The molecule has 1 saturated carbocycles. The van der Waals surface area contributed by atoms with E-state index in [0.29, 0.717) is 23.5 Å². The first-order chi connectivity index (χ1) is 11.2. The fourth-order valence-electron chi connectivity index (χ4n) is 3.78. The Kier molecular flexibility index (Phi) is 6.05. The van der Waals surface area contributed by atoms with E-state index in [2.05, 4.69) is 27.4 Å². The van der Waals surface area contributed by atoms with Gasteiger partial charge in [0.1, 0.15) is 6.10 Å². The van der Waals surface area contributed by atoms with Crippen LogP contribution in [0.1, 0.15) is 53.4 Å². The van der Waals surface area contributed by atoms with Crippen molar-refractivity contribution in [1.29, 1.82) is 0 Å². The van der Waals surface area contributed by atoms with Gasteiger partial charge in [0.05, 0.1) is 11.7 Å². The quantitative estimate of drug-likeness (QED) is 0.470. The molecule has 1 fully saturated rings. The van der Waals surface area contributed by atoms with E-state index in [1.54, 1.807) is 13.0 Å². The summed E-state index contributed by atoms with van der Waals surface area (Å²) in [7, 11) is 0. The lowest BCUT2D eigenvalue weighted by atomic mass is 9.71. The molecule has 4 unspecified atom stereocenters. The van der Waals surface area contributed by atoms with Gasteiger partial charge in [-0.1, -0.05) is 39.5 Å². The highest BCUT2D eigenvalue weighted by molar-refractivity contribution is 5.90. The van der Waals surface area contributed by atoms with Crippen molar-refractivity contribution in [3.05, 3.63) is 36.0 Å². The standard InChI is InChI=1S/C20H30O4/c1-13(2)18(21)24-17-9-7-6-8-16(17)19(22)23-15-10-14(3)11-20(4,5)12-15/h6-8,14-15,17-18,21H,1,9-12H2,2-5H3. The molecule has 4 heteroatoms. The Hall–Kier alpha value is -1.39. The smallest absolute Gasteiger partial charge is 0.336 e. The van der Waals surface area contributed by atoms with E-state index in [1.807, 2.05) is 12.2 Å². The van der Waals surface area contributed by atoms with Crippen LogP contribution in [0.2, 0.25) is 0 Å². The summed E-state index contributed by atoms with van der Waals surface area (Å²) in [6, 6.07) is 0. The van der Waals surface area contributed by atoms with Crippen LogP contribution in [0.5, 0.6) is 0 Å². The molecule has 0 heterocycles. The van der Waals surface area contributed by atoms with Gasteiger partial charge in [-0.15, -0.1) is 0 Å². The van der Waals surface area contributed by atoms with Crippen LogP contribution < -0.4 is 0 Å². The van der Waals surface area contributed by atoms with Crippen molar-refractivity contribution in [2.75, 3.05) is 0 Å². The number of aliphatic hydroxyl groups is 1. The van der Waals surface area contributed by atoms with Gasteiger partial charge in [0.15, 0.2) is 6.29 Å². The van der Waals surface area contributed by atoms with Crippen LogP contribution in [0.15, 0.2) is 36.0 Å². The van der Waals surface area contributed by atoms with Crippen molar-refractivity contribution >= 4 is 5.97 Å². The fourth-order valence-corrected chi connectivity index (χ4v) is 3.78. The summed E-state index contributed by atoms with van der Waals surface area (Å²) in [5.41, 5.74) is 1.17. The highest BCUT2D eigenvalue weighted by atomic mass is 16.6. The van der Waals surface area contributed by atoms with Crippen LogP contribution in [0.25, 0.3) is 0 Å². The number of allylic oxidation sites excluding steroid dienone is 2. The number of carbonyl (C=O) groups excluding carboxylic acids is 1. The average Bonchev–Trinajstić information content (AvgIpc) is 2.45. The predicted molar refractivity (Wildman–Crippen MR) is 94.2 cm³/mol. The van der Waals surface area contributed by atoms with Crippen molar-refractivity contribution in [3.8, 4) is 0 Å². The molecule has 0 aromatic rings. The van der Waals surface area contributed by atoms with Crippen molar-refractivity contribution in [2.24, 2.45) is 11.3 Å². The summed E-state index contributed by atoms with van der Waals surface area (Å²) in [5, 5.41) is 9.88. The molecule has 2 aliphatic rings. The Morgan fingerprint density at radius 1 is 1.42 bits per heavy atom. The van der Waals surface area contributed by atoms with Crippen molar-refractivity contribution in [2.45, 2.75) is 71.9 Å². The van der Waals surface area contributed by atoms with Gasteiger partial charge in [0.25, 0.3) is 0 Å². The molecule has 0 aliphatic heterocycles.